The molecule has 9 heteroatoms. The summed E-state index contributed by atoms with van der Waals surface area (Å²) in [5, 5.41) is 10.3. The highest BCUT2D eigenvalue weighted by Gasteiger charge is 2.17. The molecule has 31 heavy (non-hydrogen) atoms. The van der Waals surface area contributed by atoms with Gasteiger partial charge in [0.2, 0.25) is 5.78 Å². The van der Waals surface area contributed by atoms with Gasteiger partial charge in [0.25, 0.3) is 5.56 Å². The topological polar surface area (TPSA) is 61.4 Å². The van der Waals surface area contributed by atoms with E-state index in [1.165, 1.54) is 23.9 Å². The van der Waals surface area contributed by atoms with Gasteiger partial charge in [-0.25, -0.2) is 4.39 Å². The molecule has 0 atom stereocenters. The predicted molar refractivity (Wildman–Crippen MR) is 121 cm³/mol. The number of hydrogen-bond acceptors (Lipinski definition) is 5. The van der Waals surface area contributed by atoms with Crippen LogP contribution in [0.3, 0.4) is 0 Å². The minimum Gasteiger partial charge on any atom is -0.379 e. The second-order valence-electron chi connectivity index (χ2n) is 7.42. The van der Waals surface area contributed by atoms with Gasteiger partial charge in [-0.2, -0.15) is 0 Å². The molecule has 0 aliphatic rings. The lowest BCUT2D eigenvalue weighted by atomic mass is 10.2. The number of fused-ring (bicyclic) bond motifs is 3. The van der Waals surface area contributed by atoms with Crippen LogP contribution in [-0.4, -0.2) is 31.9 Å². The zero-order valence-corrected chi connectivity index (χ0v) is 18.8. The van der Waals surface area contributed by atoms with Crippen LogP contribution >= 0.6 is 23.4 Å². The average Bonchev–Trinajstić information content (AvgIpc) is 3.16. The number of thioether (sulfide) groups is 1. The average molecular weight is 461 g/mol. The predicted octanol–water partition coefficient (Wildman–Crippen LogP) is 4.94. The molecule has 0 spiro atoms. The molecule has 2 aromatic heterocycles. The zero-order valence-electron chi connectivity index (χ0n) is 17.2. The molecule has 0 fully saturated rings. The van der Waals surface area contributed by atoms with Crippen molar-refractivity contribution in [3.8, 4) is 0 Å². The van der Waals surface area contributed by atoms with E-state index in [9.17, 15) is 9.18 Å². The molecule has 0 saturated carbocycles. The van der Waals surface area contributed by atoms with Crippen LogP contribution in [0.15, 0.2) is 52.4 Å². The lowest BCUT2D eigenvalue weighted by Crippen LogP contribution is -2.24. The first-order chi connectivity index (χ1) is 14.9. The van der Waals surface area contributed by atoms with Crippen molar-refractivity contribution in [3.05, 3.63) is 69.2 Å². The Morgan fingerprint density at radius 3 is 2.68 bits per heavy atom. The number of ether oxygens (including phenoxy) is 1. The standard InChI is InChI=1S/C22H22ClFN4O2S/c1-14(2)30-11-3-10-27-20(29)18-12-16(23)6-9-19(18)28-21(27)25-26-22(28)31-13-15-4-7-17(24)8-5-15/h4-9,12,14H,3,10-11,13H2,1-2H3. The quantitative estimate of drug-likeness (QED) is 0.275. The summed E-state index contributed by atoms with van der Waals surface area (Å²) in [6, 6.07) is 11.6. The molecule has 4 aromatic rings. The molecule has 4 rings (SSSR count). The van der Waals surface area contributed by atoms with E-state index in [1.54, 1.807) is 28.8 Å². The normalized spacial score (nSPS) is 11.8. The maximum absolute atomic E-state index is 13.2. The number of halogens is 2. The third-order valence-corrected chi connectivity index (χ3v) is 6.03. The van der Waals surface area contributed by atoms with Crippen molar-refractivity contribution in [1.29, 1.82) is 0 Å². The van der Waals surface area contributed by atoms with Crippen molar-refractivity contribution in [3.63, 3.8) is 0 Å². The Morgan fingerprint density at radius 2 is 1.94 bits per heavy atom. The zero-order chi connectivity index (χ0) is 22.0. The van der Waals surface area contributed by atoms with Crippen LogP contribution < -0.4 is 5.56 Å². The Kier molecular flexibility index (Phi) is 6.60. The summed E-state index contributed by atoms with van der Waals surface area (Å²) in [5.41, 5.74) is 1.51. The minimum atomic E-state index is -0.269. The van der Waals surface area contributed by atoms with Crippen molar-refractivity contribution < 1.29 is 9.13 Å². The molecular weight excluding hydrogens is 439 g/mol. The lowest BCUT2D eigenvalue weighted by molar-refractivity contribution is 0.0748. The summed E-state index contributed by atoms with van der Waals surface area (Å²) >= 11 is 7.65. The molecule has 0 radical (unpaired) electrons. The fourth-order valence-electron chi connectivity index (χ4n) is 3.32. The van der Waals surface area contributed by atoms with Crippen LogP contribution in [0.5, 0.6) is 0 Å². The van der Waals surface area contributed by atoms with Crippen LogP contribution in [-0.2, 0) is 17.0 Å². The number of aromatic nitrogens is 4. The Labute approximate surface area is 188 Å². The highest BCUT2D eigenvalue weighted by molar-refractivity contribution is 7.98. The number of benzene rings is 2. The van der Waals surface area contributed by atoms with Gasteiger partial charge in [0.1, 0.15) is 5.82 Å². The van der Waals surface area contributed by atoms with Gasteiger partial charge in [-0.05, 0) is 56.2 Å². The molecule has 0 bridgehead atoms. The van der Waals surface area contributed by atoms with Crippen LogP contribution in [0.1, 0.15) is 25.8 Å². The van der Waals surface area contributed by atoms with Gasteiger partial charge in [0.15, 0.2) is 5.16 Å². The minimum absolute atomic E-state index is 0.134. The monoisotopic (exact) mass is 460 g/mol. The van der Waals surface area contributed by atoms with E-state index < -0.39 is 0 Å². The van der Waals surface area contributed by atoms with Gasteiger partial charge in [0.05, 0.1) is 17.0 Å². The highest BCUT2D eigenvalue weighted by atomic mass is 35.5. The summed E-state index contributed by atoms with van der Waals surface area (Å²) < 4.78 is 22.3. The molecule has 2 aromatic carbocycles. The van der Waals surface area contributed by atoms with E-state index in [-0.39, 0.29) is 17.5 Å². The van der Waals surface area contributed by atoms with Crippen LogP contribution in [0, 0.1) is 5.82 Å². The van der Waals surface area contributed by atoms with Crippen molar-refractivity contribution in [2.45, 2.75) is 43.8 Å². The lowest BCUT2D eigenvalue weighted by Gasteiger charge is -2.12. The Bertz CT molecular complexity index is 1270. The van der Waals surface area contributed by atoms with Crippen LogP contribution in [0.2, 0.25) is 5.02 Å². The van der Waals surface area contributed by atoms with Crippen LogP contribution in [0.25, 0.3) is 16.7 Å². The van der Waals surface area contributed by atoms with Gasteiger partial charge >= 0.3 is 0 Å². The Balaban J connectivity index is 1.73. The first-order valence-corrected chi connectivity index (χ1v) is 11.4. The van der Waals surface area contributed by atoms with E-state index in [4.69, 9.17) is 16.3 Å². The molecule has 0 aliphatic heterocycles. The number of nitrogens with zero attached hydrogens (tertiary/aromatic N) is 4. The van der Waals surface area contributed by atoms with Crippen LogP contribution in [0.4, 0.5) is 4.39 Å². The maximum Gasteiger partial charge on any atom is 0.262 e. The summed E-state index contributed by atoms with van der Waals surface area (Å²) in [5.74, 6) is 0.804. The number of hydrogen-bond donors (Lipinski definition) is 0. The highest BCUT2D eigenvalue weighted by Crippen LogP contribution is 2.26. The SMILES string of the molecule is CC(C)OCCCn1c(=O)c2cc(Cl)ccc2n2c(SCc3ccc(F)cc3)nnc12. The van der Waals surface area contributed by atoms with E-state index in [0.717, 1.165) is 5.56 Å². The first kappa shape index (κ1) is 21.8. The van der Waals surface area contributed by atoms with E-state index in [2.05, 4.69) is 10.2 Å². The molecule has 0 unspecified atom stereocenters. The van der Waals surface area contributed by atoms with Gasteiger partial charge < -0.3 is 4.74 Å². The second-order valence-corrected chi connectivity index (χ2v) is 8.80. The molecule has 0 N–H and O–H groups in total. The second kappa shape index (κ2) is 9.38. The maximum atomic E-state index is 13.2. The molecular formula is C22H22ClFN4O2S. The van der Waals surface area contributed by atoms with Crippen molar-refractivity contribution in [2.24, 2.45) is 0 Å². The number of aryl methyl sites for hydroxylation is 1. The Morgan fingerprint density at radius 1 is 1.16 bits per heavy atom. The largest absolute Gasteiger partial charge is 0.379 e. The van der Waals surface area contributed by atoms with E-state index in [0.29, 0.717) is 52.2 Å². The molecule has 0 amide bonds. The number of rotatable bonds is 8. The van der Waals surface area contributed by atoms with Gasteiger partial charge in [-0.3, -0.25) is 13.8 Å². The summed E-state index contributed by atoms with van der Waals surface area (Å²) in [4.78, 5) is 13.2. The van der Waals surface area contributed by atoms with Crippen molar-refractivity contribution >= 4 is 40.0 Å². The van der Waals surface area contributed by atoms with Crippen molar-refractivity contribution in [1.82, 2.24) is 19.2 Å². The van der Waals surface area contributed by atoms with Gasteiger partial charge in [-0.1, -0.05) is 35.5 Å². The fourth-order valence-corrected chi connectivity index (χ4v) is 4.39. The molecule has 0 aliphatic carbocycles. The van der Waals surface area contributed by atoms with E-state index >= 15 is 0 Å². The van der Waals surface area contributed by atoms with E-state index in [1.807, 2.05) is 24.3 Å². The van der Waals surface area contributed by atoms with Gasteiger partial charge in [-0.15, -0.1) is 10.2 Å². The molecule has 2 heterocycles. The molecule has 0 saturated heterocycles. The summed E-state index contributed by atoms with van der Waals surface area (Å²) in [6.07, 6.45) is 0.805. The third kappa shape index (κ3) is 4.76. The van der Waals surface area contributed by atoms with Crippen molar-refractivity contribution in [2.75, 3.05) is 6.61 Å². The first-order valence-electron chi connectivity index (χ1n) is 10.00. The van der Waals surface area contributed by atoms with Gasteiger partial charge in [0, 0.05) is 23.9 Å². The molecule has 6 nitrogen and oxygen atoms in total. The molecule has 162 valence electrons. The fraction of sp³-hybridized carbons (Fsp3) is 0.318. The third-order valence-electron chi connectivity index (χ3n) is 4.79. The summed E-state index contributed by atoms with van der Waals surface area (Å²) in [6.45, 7) is 4.96. The summed E-state index contributed by atoms with van der Waals surface area (Å²) in [7, 11) is 0. The Hall–Kier alpha value is -2.42. The smallest absolute Gasteiger partial charge is 0.262 e.